The highest BCUT2D eigenvalue weighted by molar-refractivity contribution is 5.96. The molecule has 0 saturated carbocycles. The highest BCUT2D eigenvalue weighted by atomic mass is 16.5. The Bertz CT molecular complexity index is 534. The Morgan fingerprint density at radius 3 is 2.62 bits per heavy atom. The third-order valence-electron chi connectivity index (χ3n) is 2.61. The van der Waals surface area contributed by atoms with Crippen molar-refractivity contribution in [1.82, 2.24) is 0 Å². The summed E-state index contributed by atoms with van der Waals surface area (Å²) in [7, 11) is 1.39. The fraction of sp³-hybridized carbons (Fsp3) is 0.154. The van der Waals surface area contributed by atoms with Gasteiger partial charge in [-0.25, -0.2) is 0 Å². The van der Waals surface area contributed by atoms with Crippen LogP contribution in [0.25, 0.3) is 10.8 Å². The van der Waals surface area contributed by atoms with Gasteiger partial charge in [-0.3, -0.25) is 4.79 Å². The number of rotatable bonds is 2. The van der Waals surface area contributed by atoms with E-state index in [2.05, 4.69) is 4.74 Å². The molecule has 2 N–H and O–H groups in total. The molecule has 16 heavy (non-hydrogen) atoms. The fourth-order valence-corrected chi connectivity index (χ4v) is 1.78. The van der Waals surface area contributed by atoms with E-state index in [1.807, 2.05) is 36.4 Å². The Morgan fingerprint density at radius 2 is 1.88 bits per heavy atom. The minimum Gasteiger partial charge on any atom is -0.469 e. The molecule has 2 aromatic carbocycles. The van der Waals surface area contributed by atoms with Crippen molar-refractivity contribution in [1.29, 1.82) is 0 Å². The number of nitrogen functional groups attached to an aromatic ring is 1. The second kappa shape index (κ2) is 4.23. The lowest BCUT2D eigenvalue weighted by atomic mass is 10.0. The summed E-state index contributed by atoms with van der Waals surface area (Å²) in [5.74, 6) is -0.241. The summed E-state index contributed by atoms with van der Waals surface area (Å²) in [6.45, 7) is 0. The normalized spacial score (nSPS) is 10.3. The first-order chi connectivity index (χ1) is 7.72. The predicted octanol–water partition coefficient (Wildman–Crippen LogP) is 2.14. The van der Waals surface area contributed by atoms with Crippen molar-refractivity contribution >= 4 is 22.4 Å². The van der Waals surface area contributed by atoms with Gasteiger partial charge >= 0.3 is 5.97 Å². The molecule has 0 aliphatic heterocycles. The van der Waals surface area contributed by atoms with Gasteiger partial charge < -0.3 is 10.5 Å². The van der Waals surface area contributed by atoms with E-state index >= 15 is 0 Å². The summed E-state index contributed by atoms with van der Waals surface area (Å²) in [5, 5.41) is 1.98. The maximum absolute atomic E-state index is 11.3. The van der Waals surface area contributed by atoms with Gasteiger partial charge in [0.2, 0.25) is 0 Å². The molecule has 0 aliphatic carbocycles. The van der Waals surface area contributed by atoms with Crippen LogP contribution in [0.15, 0.2) is 36.4 Å². The third-order valence-corrected chi connectivity index (χ3v) is 2.61. The van der Waals surface area contributed by atoms with E-state index in [4.69, 9.17) is 5.73 Å². The second-order valence-electron chi connectivity index (χ2n) is 3.61. The first-order valence-electron chi connectivity index (χ1n) is 5.05. The van der Waals surface area contributed by atoms with Crippen LogP contribution in [-0.4, -0.2) is 13.1 Å². The second-order valence-corrected chi connectivity index (χ2v) is 3.61. The molecule has 0 aliphatic rings. The summed E-state index contributed by atoms with van der Waals surface area (Å²) in [6, 6.07) is 11.5. The molecule has 0 amide bonds. The Kier molecular flexibility index (Phi) is 2.77. The van der Waals surface area contributed by atoms with Crippen molar-refractivity contribution in [2.24, 2.45) is 0 Å². The number of methoxy groups -OCH3 is 1. The van der Waals surface area contributed by atoms with Crippen molar-refractivity contribution in [2.45, 2.75) is 6.42 Å². The number of ether oxygens (including phenoxy) is 1. The van der Waals surface area contributed by atoms with Crippen LogP contribution in [-0.2, 0) is 16.0 Å². The van der Waals surface area contributed by atoms with E-state index in [1.54, 1.807) is 0 Å². The van der Waals surface area contributed by atoms with E-state index in [-0.39, 0.29) is 12.4 Å². The van der Waals surface area contributed by atoms with Crippen LogP contribution in [0.4, 0.5) is 5.69 Å². The molecule has 82 valence electrons. The molecule has 3 nitrogen and oxygen atoms in total. The summed E-state index contributed by atoms with van der Waals surface area (Å²) in [6.07, 6.45) is 0.275. The maximum atomic E-state index is 11.3. The average Bonchev–Trinajstić information content (AvgIpc) is 2.30. The van der Waals surface area contributed by atoms with Crippen LogP contribution in [0.2, 0.25) is 0 Å². The topological polar surface area (TPSA) is 52.3 Å². The average molecular weight is 215 g/mol. The van der Waals surface area contributed by atoms with Gasteiger partial charge in [-0.05, 0) is 17.0 Å². The lowest BCUT2D eigenvalue weighted by Crippen LogP contribution is -2.05. The monoisotopic (exact) mass is 215 g/mol. The Morgan fingerprint density at radius 1 is 1.19 bits per heavy atom. The van der Waals surface area contributed by atoms with Crippen molar-refractivity contribution in [2.75, 3.05) is 12.8 Å². The molecule has 0 heterocycles. The minimum absolute atomic E-state index is 0.241. The number of esters is 1. The van der Waals surface area contributed by atoms with Gasteiger partial charge in [-0.1, -0.05) is 30.3 Å². The fourth-order valence-electron chi connectivity index (χ4n) is 1.78. The van der Waals surface area contributed by atoms with Gasteiger partial charge in [0.05, 0.1) is 13.5 Å². The van der Waals surface area contributed by atoms with Crippen molar-refractivity contribution < 1.29 is 9.53 Å². The summed E-state index contributed by atoms with van der Waals surface area (Å²) in [5.41, 5.74) is 7.54. The van der Waals surface area contributed by atoms with Crippen molar-refractivity contribution in [3.05, 3.63) is 42.0 Å². The number of hydrogen-bond donors (Lipinski definition) is 1. The smallest absolute Gasteiger partial charge is 0.309 e. The summed E-state index contributed by atoms with van der Waals surface area (Å²) < 4.78 is 4.66. The summed E-state index contributed by atoms with van der Waals surface area (Å²) in [4.78, 5) is 11.3. The largest absolute Gasteiger partial charge is 0.469 e. The quantitative estimate of drug-likeness (QED) is 0.616. The number of nitrogens with two attached hydrogens (primary N) is 1. The number of fused-ring (bicyclic) bond motifs is 1. The number of carbonyl (C=O) groups excluding carboxylic acids is 1. The molecule has 0 fully saturated rings. The van der Waals surface area contributed by atoms with E-state index in [1.165, 1.54) is 7.11 Å². The number of hydrogen-bond acceptors (Lipinski definition) is 3. The van der Waals surface area contributed by atoms with Gasteiger partial charge in [-0.15, -0.1) is 0 Å². The molecule has 0 aromatic heterocycles. The van der Waals surface area contributed by atoms with E-state index in [0.29, 0.717) is 0 Å². The Labute approximate surface area is 93.8 Å². The van der Waals surface area contributed by atoms with Crippen molar-refractivity contribution in [3.63, 3.8) is 0 Å². The molecule has 0 radical (unpaired) electrons. The highest BCUT2D eigenvalue weighted by Gasteiger charge is 2.07. The highest BCUT2D eigenvalue weighted by Crippen LogP contribution is 2.24. The Balaban J connectivity index is 2.54. The lowest BCUT2D eigenvalue weighted by Gasteiger charge is -2.07. The van der Waals surface area contributed by atoms with E-state index in [9.17, 15) is 4.79 Å². The molecular formula is C13H13NO2. The first kappa shape index (κ1) is 10.5. The molecule has 2 rings (SSSR count). The zero-order valence-corrected chi connectivity index (χ0v) is 9.07. The zero-order valence-electron chi connectivity index (χ0n) is 9.07. The van der Waals surface area contributed by atoms with Crippen molar-refractivity contribution in [3.8, 4) is 0 Å². The lowest BCUT2D eigenvalue weighted by molar-refractivity contribution is -0.139. The standard InChI is InChI=1S/C13H13NO2/c1-16-13(15)8-9-4-2-6-11-10(9)5-3-7-12(11)14/h2-7H,8,14H2,1H3. The molecule has 2 aromatic rings. The SMILES string of the molecule is COC(=O)Cc1cccc2c(N)cccc12. The van der Waals surface area contributed by atoms with Crippen LogP contribution in [0.1, 0.15) is 5.56 Å². The first-order valence-corrected chi connectivity index (χ1v) is 5.05. The van der Waals surface area contributed by atoms with E-state index in [0.717, 1.165) is 22.0 Å². The maximum Gasteiger partial charge on any atom is 0.309 e. The molecular weight excluding hydrogens is 202 g/mol. The molecule has 3 heteroatoms. The number of benzene rings is 2. The minimum atomic E-state index is -0.241. The van der Waals surface area contributed by atoms with Gasteiger partial charge in [0.25, 0.3) is 0 Å². The zero-order chi connectivity index (χ0) is 11.5. The Hall–Kier alpha value is -2.03. The molecule has 0 saturated heterocycles. The van der Waals surface area contributed by atoms with Gasteiger partial charge in [0, 0.05) is 11.1 Å². The molecule has 0 unspecified atom stereocenters. The number of carbonyl (C=O) groups is 1. The molecule has 0 bridgehead atoms. The van der Waals surface area contributed by atoms with Gasteiger partial charge in [-0.2, -0.15) is 0 Å². The van der Waals surface area contributed by atoms with Gasteiger partial charge in [0.1, 0.15) is 0 Å². The molecule has 0 spiro atoms. The third kappa shape index (κ3) is 1.84. The van der Waals surface area contributed by atoms with Crippen LogP contribution >= 0.6 is 0 Å². The van der Waals surface area contributed by atoms with Crippen LogP contribution < -0.4 is 5.73 Å². The van der Waals surface area contributed by atoms with Crippen LogP contribution in [0, 0.1) is 0 Å². The summed E-state index contributed by atoms with van der Waals surface area (Å²) >= 11 is 0. The number of anilines is 1. The van der Waals surface area contributed by atoms with Gasteiger partial charge in [0.15, 0.2) is 0 Å². The van der Waals surface area contributed by atoms with Crippen LogP contribution in [0.3, 0.4) is 0 Å². The van der Waals surface area contributed by atoms with E-state index < -0.39 is 0 Å². The van der Waals surface area contributed by atoms with Crippen LogP contribution in [0.5, 0.6) is 0 Å². The predicted molar refractivity (Wildman–Crippen MR) is 64.1 cm³/mol. The molecule has 0 atom stereocenters.